The Morgan fingerprint density at radius 3 is 2.65 bits per heavy atom. The number of nitrogens with zero attached hydrogens (tertiary/aromatic N) is 5. The first kappa shape index (κ1) is 18.2. The van der Waals surface area contributed by atoms with Crippen LogP contribution in [0.25, 0.3) is 10.2 Å². The number of rotatable bonds is 5. The van der Waals surface area contributed by atoms with Gasteiger partial charge < -0.3 is 9.88 Å². The standard InChI is InChI=1S/C17H22N6O2S/c1-9(2)6-11(14-18-7-20-23(14)5)21-15(24)13-10(3)12-16(26-13)19-8-22(4)17(12)25/h7-9,11H,6H2,1-5H3,(H,21,24)/t11-/m0/s1. The monoisotopic (exact) mass is 374 g/mol. The molecule has 0 aromatic carbocycles. The van der Waals surface area contributed by atoms with Crippen molar-refractivity contribution < 1.29 is 4.79 Å². The third-order valence-corrected chi connectivity index (χ3v) is 5.49. The summed E-state index contributed by atoms with van der Waals surface area (Å²) in [6, 6.07) is -0.254. The molecule has 0 saturated heterocycles. The third kappa shape index (κ3) is 3.26. The van der Waals surface area contributed by atoms with E-state index in [4.69, 9.17) is 0 Å². The number of carbonyl (C=O) groups excluding carboxylic acids is 1. The summed E-state index contributed by atoms with van der Waals surface area (Å²) >= 11 is 1.24. The molecule has 1 amide bonds. The second kappa shape index (κ2) is 6.99. The summed E-state index contributed by atoms with van der Waals surface area (Å²) in [4.78, 5) is 34.9. The van der Waals surface area contributed by atoms with E-state index in [1.54, 1.807) is 25.7 Å². The molecule has 0 aliphatic rings. The highest BCUT2D eigenvalue weighted by Gasteiger charge is 2.24. The normalized spacial score (nSPS) is 12.7. The number of aryl methyl sites for hydroxylation is 3. The molecular weight excluding hydrogens is 352 g/mol. The summed E-state index contributed by atoms with van der Waals surface area (Å²) in [5.74, 6) is 0.857. The molecule has 0 radical (unpaired) electrons. The lowest BCUT2D eigenvalue weighted by Gasteiger charge is -2.19. The fourth-order valence-corrected chi connectivity index (χ4v) is 4.01. The maximum Gasteiger partial charge on any atom is 0.262 e. The van der Waals surface area contributed by atoms with E-state index in [1.807, 2.05) is 0 Å². The average molecular weight is 374 g/mol. The minimum absolute atomic E-state index is 0.144. The van der Waals surface area contributed by atoms with Gasteiger partial charge in [-0.1, -0.05) is 13.8 Å². The molecule has 0 spiro atoms. The maximum absolute atomic E-state index is 12.9. The zero-order chi connectivity index (χ0) is 19.0. The molecule has 9 heteroatoms. The Morgan fingerprint density at radius 2 is 2.04 bits per heavy atom. The lowest BCUT2D eigenvalue weighted by Crippen LogP contribution is -2.31. The molecule has 0 unspecified atom stereocenters. The fourth-order valence-electron chi connectivity index (χ4n) is 2.97. The topological polar surface area (TPSA) is 94.7 Å². The number of carbonyl (C=O) groups is 1. The Kier molecular flexibility index (Phi) is 4.90. The van der Waals surface area contributed by atoms with Crippen molar-refractivity contribution in [3.05, 3.63) is 39.3 Å². The molecule has 3 aromatic rings. The van der Waals surface area contributed by atoms with Crippen molar-refractivity contribution in [1.82, 2.24) is 29.6 Å². The first-order valence-electron chi connectivity index (χ1n) is 8.39. The molecular formula is C17H22N6O2S. The number of hydrogen-bond acceptors (Lipinski definition) is 6. The number of nitrogens with one attached hydrogen (secondary N) is 1. The number of thiophene rings is 1. The van der Waals surface area contributed by atoms with Crippen molar-refractivity contribution in [2.45, 2.75) is 33.2 Å². The lowest BCUT2D eigenvalue weighted by atomic mass is 10.0. The molecule has 26 heavy (non-hydrogen) atoms. The van der Waals surface area contributed by atoms with E-state index in [9.17, 15) is 9.59 Å². The smallest absolute Gasteiger partial charge is 0.262 e. The predicted octanol–water partition coefficient (Wildman–Crippen LogP) is 1.95. The van der Waals surface area contributed by atoms with Crippen LogP contribution in [0.5, 0.6) is 0 Å². The molecule has 0 bridgehead atoms. The van der Waals surface area contributed by atoms with Gasteiger partial charge in [0.05, 0.1) is 22.6 Å². The Balaban J connectivity index is 1.97. The molecule has 0 saturated carbocycles. The van der Waals surface area contributed by atoms with Gasteiger partial charge in [0.15, 0.2) is 0 Å². The van der Waals surface area contributed by atoms with E-state index in [0.717, 1.165) is 6.42 Å². The first-order valence-corrected chi connectivity index (χ1v) is 9.20. The van der Waals surface area contributed by atoms with Gasteiger partial charge in [-0.3, -0.25) is 14.3 Å². The number of fused-ring (bicyclic) bond motifs is 1. The van der Waals surface area contributed by atoms with Crippen molar-refractivity contribution in [2.75, 3.05) is 0 Å². The lowest BCUT2D eigenvalue weighted by molar-refractivity contribution is 0.0932. The Hall–Kier alpha value is -2.55. The van der Waals surface area contributed by atoms with Gasteiger partial charge in [0.1, 0.15) is 17.0 Å². The van der Waals surface area contributed by atoms with Crippen molar-refractivity contribution in [2.24, 2.45) is 20.0 Å². The molecule has 1 N–H and O–H groups in total. The first-order chi connectivity index (χ1) is 12.3. The zero-order valence-electron chi connectivity index (χ0n) is 15.5. The average Bonchev–Trinajstić information content (AvgIpc) is 3.14. The van der Waals surface area contributed by atoms with Crippen LogP contribution < -0.4 is 10.9 Å². The van der Waals surface area contributed by atoms with Gasteiger partial charge in [0.25, 0.3) is 11.5 Å². The van der Waals surface area contributed by atoms with Gasteiger partial charge in [0, 0.05) is 14.1 Å². The van der Waals surface area contributed by atoms with Gasteiger partial charge in [-0.15, -0.1) is 11.3 Å². The number of hydrogen-bond donors (Lipinski definition) is 1. The van der Waals surface area contributed by atoms with E-state index in [-0.39, 0.29) is 17.5 Å². The molecule has 3 heterocycles. The number of aromatic nitrogens is 5. The summed E-state index contributed by atoms with van der Waals surface area (Å²) in [7, 11) is 3.46. The zero-order valence-corrected chi connectivity index (χ0v) is 16.3. The summed E-state index contributed by atoms with van der Waals surface area (Å²) in [5, 5.41) is 7.66. The van der Waals surface area contributed by atoms with Crippen molar-refractivity contribution in [3.8, 4) is 0 Å². The highest BCUT2D eigenvalue weighted by molar-refractivity contribution is 7.20. The second-order valence-corrected chi connectivity index (χ2v) is 7.79. The van der Waals surface area contributed by atoms with Crippen LogP contribution in [0.3, 0.4) is 0 Å². The Bertz CT molecular complexity index is 1020. The molecule has 3 aromatic heterocycles. The summed E-state index contributed by atoms with van der Waals surface area (Å²) < 4.78 is 3.09. The second-order valence-electron chi connectivity index (χ2n) is 6.79. The van der Waals surface area contributed by atoms with Gasteiger partial charge in [-0.05, 0) is 24.8 Å². The highest BCUT2D eigenvalue weighted by atomic mass is 32.1. The van der Waals surface area contributed by atoms with Crippen LogP contribution in [0, 0.1) is 12.8 Å². The minimum atomic E-state index is -0.254. The molecule has 0 aliphatic carbocycles. The van der Waals surface area contributed by atoms with Crippen molar-refractivity contribution >= 4 is 27.5 Å². The third-order valence-electron chi connectivity index (χ3n) is 4.29. The van der Waals surface area contributed by atoms with Crippen molar-refractivity contribution in [1.29, 1.82) is 0 Å². The molecule has 0 fully saturated rings. The van der Waals surface area contributed by atoms with Crippen LogP contribution in [0.2, 0.25) is 0 Å². The predicted molar refractivity (Wildman–Crippen MR) is 100 cm³/mol. The van der Waals surface area contributed by atoms with E-state index in [2.05, 4.69) is 34.2 Å². The SMILES string of the molecule is Cc1c(C(=O)N[C@@H](CC(C)C)c2ncnn2C)sc2ncn(C)c(=O)c12. The summed E-state index contributed by atoms with van der Waals surface area (Å²) in [6.07, 6.45) is 3.69. The number of amides is 1. The largest absolute Gasteiger partial charge is 0.341 e. The minimum Gasteiger partial charge on any atom is -0.341 e. The van der Waals surface area contributed by atoms with Gasteiger partial charge >= 0.3 is 0 Å². The molecule has 138 valence electrons. The van der Waals surface area contributed by atoms with Gasteiger partial charge in [0.2, 0.25) is 0 Å². The molecule has 0 aliphatic heterocycles. The Labute approximate surface area is 154 Å². The van der Waals surface area contributed by atoms with E-state index in [0.29, 0.717) is 32.4 Å². The molecule has 8 nitrogen and oxygen atoms in total. The van der Waals surface area contributed by atoms with Crippen LogP contribution in [0.4, 0.5) is 0 Å². The van der Waals surface area contributed by atoms with Crippen LogP contribution in [-0.2, 0) is 14.1 Å². The van der Waals surface area contributed by atoms with Gasteiger partial charge in [-0.2, -0.15) is 5.10 Å². The molecule has 1 atom stereocenters. The fraction of sp³-hybridized carbons (Fsp3) is 0.471. The summed E-state index contributed by atoms with van der Waals surface area (Å²) in [5.41, 5.74) is 0.521. The highest BCUT2D eigenvalue weighted by Crippen LogP contribution is 2.28. The van der Waals surface area contributed by atoms with E-state index < -0.39 is 0 Å². The quantitative estimate of drug-likeness (QED) is 0.736. The van der Waals surface area contributed by atoms with Crippen LogP contribution in [0.1, 0.15) is 47.4 Å². The van der Waals surface area contributed by atoms with Crippen LogP contribution in [-0.4, -0.2) is 30.2 Å². The van der Waals surface area contributed by atoms with Crippen LogP contribution in [0.15, 0.2) is 17.4 Å². The van der Waals surface area contributed by atoms with Crippen molar-refractivity contribution in [3.63, 3.8) is 0 Å². The maximum atomic E-state index is 12.9. The van der Waals surface area contributed by atoms with E-state index >= 15 is 0 Å². The van der Waals surface area contributed by atoms with E-state index in [1.165, 1.54) is 28.6 Å². The van der Waals surface area contributed by atoms with Crippen LogP contribution >= 0.6 is 11.3 Å². The van der Waals surface area contributed by atoms with Gasteiger partial charge in [-0.25, -0.2) is 9.97 Å². The summed E-state index contributed by atoms with van der Waals surface area (Å²) in [6.45, 7) is 5.97. The Morgan fingerprint density at radius 1 is 1.31 bits per heavy atom. The molecule has 3 rings (SSSR count).